The summed E-state index contributed by atoms with van der Waals surface area (Å²) in [7, 11) is 0. The number of hydrogen-bond acceptors (Lipinski definition) is 3. The van der Waals surface area contributed by atoms with Crippen LogP contribution < -0.4 is 5.32 Å². The van der Waals surface area contributed by atoms with Crippen LogP contribution >= 0.6 is 0 Å². The predicted octanol–water partition coefficient (Wildman–Crippen LogP) is 2.48. The van der Waals surface area contributed by atoms with Crippen LogP contribution in [-0.4, -0.2) is 29.4 Å². The summed E-state index contributed by atoms with van der Waals surface area (Å²) in [6.07, 6.45) is 2.03. The molecule has 2 atom stereocenters. The normalized spacial score (nSPS) is 24.1. The lowest BCUT2D eigenvalue weighted by Gasteiger charge is -2.20. The van der Waals surface area contributed by atoms with Gasteiger partial charge in [0.1, 0.15) is 5.75 Å². The number of phenolic OH excluding ortho intramolecular Hbond substituents is 1. The number of nitrogens with one attached hydrogen (secondary N) is 1. The zero-order valence-electron chi connectivity index (χ0n) is 11.4. The Morgan fingerprint density at radius 1 is 1.39 bits per heavy atom. The zero-order chi connectivity index (χ0) is 13.2. The molecule has 0 spiro atoms. The van der Waals surface area contributed by atoms with E-state index in [2.05, 4.69) is 26.1 Å². The molecule has 2 unspecified atom stereocenters. The van der Waals surface area contributed by atoms with Crippen LogP contribution in [0.2, 0.25) is 0 Å². The molecule has 1 fully saturated rings. The van der Waals surface area contributed by atoms with Gasteiger partial charge in [-0.15, -0.1) is 0 Å². The Balaban J connectivity index is 1.82. The molecule has 100 valence electrons. The largest absolute Gasteiger partial charge is 0.508 e. The predicted molar refractivity (Wildman–Crippen MR) is 72.8 cm³/mol. The molecule has 0 aliphatic carbocycles. The molecule has 18 heavy (non-hydrogen) atoms. The van der Waals surface area contributed by atoms with Crippen molar-refractivity contribution >= 4 is 0 Å². The summed E-state index contributed by atoms with van der Waals surface area (Å²) in [6.45, 7) is 7.27. The monoisotopic (exact) mass is 249 g/mol. The van der Waals surface area contributed by atoms with E-state index in [0.717, 1.165) is 19.4 Å². The summed E-state index contributed by atoms with van der Waals surface area (Å²) in [4.78, 5) is 0. The Labute approximate surface area is 109 Å². The van der Waals surface area contributed by atoms with Gasteiger partial charge in [-0.05, 0) is 51.3 Å². The number of hydrogen-bond donors (Lipinski definition) is 2. The lowest BCUT2D eigenvalue weighted by Crippen LogP contribution is -2.38. The average molecular weight is 249 g/mol. The highest BCUT2D eigenvalue weighted by molar-refractivity contribution is 5.26. The number of rotatable bonds is 4. The van der Waals surface area contributed by atoms with Crippen molar-refractivity contribution in [3.05, 3.63) is 29.8 Å². The van der Waals surface area contributed by atoms with Gasteiger partial charge in [-0.3, -0.25) is 0 Å². The first-order chi connectivity index (χ1) is 8.44. The second-order valence-corrected chi connectivity index (χ2v) is 5.91. The van der Waals surface area contributed by atoms with Gasteiger partial charge in [0.2, 0.25) is 0 Å². The maximum Gasteiger partial charge on any atom is 0.115 e. The van der Waals surface area contributed by atoms with E-state index in [-0.39, 0.29) is 5.60 Å². The standard InChI is InChI=1S/C15H23NO2/c1-11(8-12-4-6-14(17)7-5-12)16-13-9-15(2,3)18-10-13/h4-7,11,13,16-17H,8-10H2,1-3H3. The van der Waals surface area contributed by atoms with Crippen LogP contribution in [0.4, 0.5) is 0 Å². The molecule has 1 aliphatic rings. The Kier molecular flexibility index (Phi) is 3.93. The number of aromatic hydroxyl groups is 1. The van der Waals surface area contributed by atoms with Crippen molar-refractivity contribution in [3.8, 4) is 5.75 Å². The summed E-state index contributed by atoms with van der Waals surface area (Å²) in [5.74, 6) is 0.324. The molecule has 0 saturated carbocycles. The Hall–Kier alpha value is -1.06. The third-order valence-corrected chi connectivity index (χ3v) is 3.41. The van der Waals surface area contributed by atoms with Gasteiger partial charge >= 0.3 is 0 Å². The second-order valence-electron chi connectivity index (χ2n) is 5.91. The third kappa shape index (κ3) is 3.72. The number of ether oxygens (including phenoxy) is 1. The minimum absolute atomic E-state index is 0.00984. The number of phenols is 1. The fourth-order valence-electron chi connectivity index (χ4n) is 2.59. The van der Waals surface area contributed by atoms with Crippen molar-refractivity contribution < 1.29 is 9.84 Å². The summed E-state index contributed by atoms with van der Waals surface area (Å²) in [5, 5.41) is 12.9. The topological polar surface area (TPSA) is 41.5 Å². The van der Waals surface area contributed by atoms with E-state index in [1.807, 2.05) is 12.1 Å². The van der Waals surface area contributed by atoms with E-state index in [1.54, 1.807) is 12.1 Å². The third-order valence-electron chi connectivity index (χ3n) is 3.41. The first kappa shape index (κ1) is 13.4. The molecule has 1 aromatic rings. The van der Waals surface area contributed by atoms with Crippen molar-refractivity contribution in [2.24, 2.45) is 0 Å². The molecule has 3 nitrogen and oxygen atoms in total. The fraction of sp³-hybridized carbons (Fsp3) is 0.600. The highest BCUT2D eigenvalue weighted by Gasteiger charge is 2.32. The molecule has 1 aromatic carbocycles. The second kappa shape index (κ2) is 5.29. The first-order valence-corrected chi connectivity index (χ1v) is 6.62. The SMILES string of the molecule is CC(Cc1ccc(O)cc1)NC1COC(C)(C)C1. The molecule has 2 N–H and O–H groups in total. The zero-order valence-corrected chi connectivity index (χ0v) is 11.4. The molecule has 2 rings (SSSR count). The molecule has 1 saturated heterocycles. The van der Waals surface area contributed by atoms with E-state index in [0.29, 0.717) is 17.8 Å². The van der Waals surface area contributed by atoms with E-state index in [4.69, 9.17) is 4.74 Å². The van der Waals surface area contributed by atoms with Crippen molar-refractivity contribution in [2.45, 2.75) is 51.3 Å². The molecule has 0 aromatic heterocycles. The Morgan fingerprint density at radius 2 is 2.06 bits per heavy atom. The Bertz CT molecular complexity index is 386. The maximum atomic E-state index is 9.25. The van der Waals surface area contributed by atoms with Crippen LogP contribution in [-0.2, 0) is 11.2 Å². The maximum absolute atomic E-state index is 9.25. The van der Waals surface area contributed by atoms with Crippen LogP contribution in [0.5, 0.6) is 5.75 Å². The van der Waals surface area contributed by atoms with E-state index < -0.39 is 0 Å². The smallest absolute Gasteiger partial charge is 0.115 e. The van der Waals surface area contributed by atoms with Crippen LogP contribution in [0.25, 0.3) is 0 Å². The summed E-state index contributed by atoms with van der Waals surface area (Å²) < 4.78 is 5.72. The lowest BCUT2D eigenvalue weighted by molar-refractivity contribution is 0.0356. The van der Waals surface area contributed by atoms with E-state index in [9.17, 15) is 5.11 Å². The van der Waals surface area contributed by atoms with Crippen LogP contribution in [0.3, 0.4) is 0 Å². The molecule has 0 bridgehead atoms. The molecular formula is C15H23NO2. The number of benzene rings is 1. The van der Waals surface area contributed by atoms with E-state index >= 15 is 0 Å². The van der Waals surface area contributed by atoms with Gasteiger partial charge < -0.3 is 15.2 Å². The molecule has 0 radical (unpaired) electrons. The molecule has 0 amide bonds. The molecule has 1 heterocycles. The van der Waals surface area contributed by atoms with Crippen molar-refractivity contribution in [2.75, 3.05) is 6.61 Å². The minimum Gasteiger partial charge on any atom is -0.508 e. The van der Waals surface area contributed by atoms with Crippen LogP contribution in [0.1, 0.15) is 32.8 Å². The van der Waals surface area contributed by atoms with Crippen LogP contribution in [0.15, 0.2) is 24.3 Å². The van der Waals surface area contributed by atoms with Crippen LogP contribution in [0, 0.1) is 0 Å². The highest BCUT2D eigenvalue weighted by atomic mass is 16.5. The molecule has 3 heteroatoms. The van der Waals surface area contributed by atoms with Gasteiger partial charge in [-0.1, -0.05) is 12.1 Å². The lowest BCUT2D eigenvalue weighted by atomic mass is 10.0. The van der Waals surface area contributed by atoms with Gasteiger partial charge in [0.25, 0.3) is 0 Å². The average Bonchev–Trinajstić information content (AvgIpc) is 2.61. The van der Waals surface area contributed by atoms with Gasteiger partial charge in [0, 0.05) is 12.1 Å². The molecule has 1 aliphatic heterocycles. The van der Waals surface area contributed by atoms with Gasteiger partial charge in [-0.2, -0.15) is 0 Å². The van der Waals surface area contributed by atoms with E-state index in [1.165, 1.54) is 5.56 Å². The summed E-state index contributed by atoms with van der Waals surface area (Å²) >= 11 is 0. The first-order valence-electron chi connectivity index (χ1n) is 6.62. The van der Waals surface area contributed by atoms with Gasteiger partial charge in [0.15, 0.2) is 0 Å². The van der Waals surface area contributed by atoms with Crippen molar-refractivity contribution in [1.82, 2.24) is 5.32 Å². The summed E-state index contributed by atoms with van der Waals surface area (Å²) in [5.41, 5.74) is 1.25. The molecular weight excluding hydrogens is 226 g/mol. The quantitative estimate of drug-likeness (QED) is 0.861. The fourth-order valence-corrected chi connectivity index (χ4v) is 2.59. The van der Waals surface area contributed by atoms with Gasteiger partial charge in [0.05, 0.1) is 12.2 Å². The van der Waals surface area contributed by atoms with Gasteiger partial charge in [-0.25, -0.2) is 0 Å². The summed E-state index contributed by atoms with van der Waals surface area (Å²) in [6, 6.07) is 8.29. The van der Waals surface area contributed by atoms with Crippen molar-refractivity contribution in [3.63, 3.8) is 0 Å². The minimum atomic E-state index is 0.00984. The Morgan fingerprint density at radius 3 is 2.61 bits per heavy atom. The van der Waals surface area contributed by atoms with Crippen molar-refractivity contribution in [1.29, 1.82) is 0 Å². The highest BCUT2D eigenvalue weighted by Crippen LogP contribution is 2.24.